The van der Waals surface area contributed by atoms with Gasteiger partial charge in [-0.2, -0.15) is 0 Å². The number of furan rings is 1. The van der Waals surface area contributed by atoms with Crippen molar-refractivity contribution in [1.29, 1.82) is 0 Å². The van der Waals surface area contributed by atoms with Gasteiger partial charge in [0.25, 0.3) is 0 Å². The molecule has 0 saturated heterocycles. The third kappa shape index (κ3) is 4.48. The lowest BCUT2D eigenvalue weighted by atomic mass is 10.2. The number of nitrogens with one attached hydrogen (secondary N) is 1. The molecule has 1 heterocycles. The van der Waals surface area contributed by atoms with Gasteiger partial charge in [0.2, 0.25) is 5.91 Å². The Morgan fingerprint density at radius 1 is 1.38 bits per heavy atom. The predicted octanol–water partition coefficient (Wildman–Crippen LogP) is 3.10. The zero-order valence-corrected chi connectivity index (χ0v) is 12.3. The number of benzene rings is 1. The predicted molar refractivity (Wildman–Crippen MR) is 81.9 cm³/mol. The first kappa shape index (κ1) is 15.4. The summed E-state index contributed by atoms with van der Waals surface area (Å²) in [6.07, 6.45) is 2.14. The summed E-state index contributed by atoms with van der Waals surface area (Å²) in [5.74, 6) is 0.842. The van der Waals surface area contributed by atoms with Gasteiger partial charge >= 0.3 is 0 Å². The fourth-order valence-corrected chi connectivity index (χ4v) is 1.96. The first-order chi connectivity index (χ1) is 10.1. The van der Waals surface area contributed by atoms with Crippen LogP contribution < -0.4 is 5.32 Å². The van der Waals surface area contributed by atoms with Gasteiger partial charge in [0, 0.05) is 11.1 Å². The summed E-state index contributed by atoms with van der Waals surface area (Å²) >= 11 is 5.98. The molecule has 2 rings (SSSR count). The molecule has 0 aliphatic heterocycles. The van der Waals surface area contributed by atoms with E-state index in [-0.39, 0.29) is 12.5 Å². The van der Waals surface area contributed by atoms with E-state index < -0.39 is 6.10 Å². The summed E-state index contributed by atoms with van der Waals surface area (Å²) in [6, 6.07) is 10.7. The molecule has 1 unspecified atom stereocenters. The number of carbonyl (C=O) groups excluding carboxylic acids is 1. The van der Waals surface area contributed by atoms with Crippen LogP contribution >= 0.6 is 11.6 Å². The van der Waals surface area contributed by atoms with Crippen LogP contribution in [0.5, 0.6) is 0 Å². The van der Waals surface area contributed by atoms with Crippen LogP contribution in [0.2, 0.25) is 5.02 Å². The summed E-state index contributed by atoms with van der Waals surface area (Å²) in [4.78, 5) is 11.7. The minimum Gasteiger partial charge on any atom is -0.464 e. The maximum absolute atomic E-state index is 11.7. The molecule has 2 aromatic rings. The third-order valence-corrected chi connectivity index (χ3v) is 3.22. The normalized spacial score (nSPS) is 12.5. The number of hydrogen-bond acceptors (Lipinski definition) is 3. The Balaban J connectivity index is 1.86. The van der Waals surface area contributed by atoms with E-state index in [0.717, 1.165) is 5.56 Å². The molecule has 1 atom stereocenters. The molecule has 0 radical (unpaired) electrons. The van der Waals surface area contributed by atoms with Crippen molar-refractivity contribution in [3.05, 3.63) is 64.6 Å². The molecule has 21 heavy (non-hydrogen) atoms. The van der Waals surface area contributed by atoms with Crippen LogP contribution in [0.3, 0.4) is 0 Å². The van der Waals surface area contributed by atoms with Gasteiger partial charge in [0.05, 0.1) is 6.54 Å². The van der Waals surface area contributed by atoms with E-state index in [1.54, 1.807) is 31.2 Å². The number of rotatable bonds is 5. The molecule has 5 heteroatoms. The van der Waals surface area contributed by atoms with Crippen molar-refractivity contribution >= 4 is 23.6 Å². The second-order valence-corrected chi connectivity index (χ2v) is 4.97. The molecule has 1 aromatic carbocycles. The highest BCUT2D eigenvalue weighted by Crippen LogP contribution is 2.16. The van der Waals surface area contributed by atoms with E-state index >= 15 is 0 Å². The Morgan fingerprint density at radius 2 is 2.14 bits per heavy atom. The minimum absolute atomic E-state index is 0.0820. The van der Waals surface area contributed by atoms with Gasteiger partial charge in [-0.3, -0.25) is 4.79 Å². The summed E-state index contributed by atoms with van der Waals surface area (Å²) in [6.45, 7) is 1.87. The quantitative estimate of drug-likeness (QED) is 0.834. The van der Waals surface area contributed by atoms with Gasteiger partial charge in [0.15, 0.2) is 0 Å². The summed E-state index contributed by atoms with van der Waals surface area (Å²) < 4.78 is 5.29. The van der Waals surface area contributed by atoms with Crippen LogP contribution in [0.4, 0.5) is 0 Å². The van der Waals surface area contributed by atoms with Crippen molar-refractivity contribution < 1.29 is 14.3 Å². The van der Waals surface area contributed by atoms with E-state index in [1.165, 1.54) is 6.08 Å². The van der Waals surface area contributed by atoms with Crippen LogP contribution in [-0.4, -0.2) is 17.6 Å². The average molecular weight is 306 g/mol. The molecule has 0 fully saturated rings. The Hall–Kier alpha value is -2.04. The van der Waals surface area contributed by atoms with Gasteiger partial charge in [-0.25, -0.2) is 0 Å². The highest BCUT2D eigenvalue weighted by molar-refractivity contribution is 6.32. The first-order valence-corrected chi connectivity index (χ1v) is 6.89. The van der Waals surface area contributed by atoms with Crippen molar-refractivity contribution in [3.63, 3.8) is 0 Å². The van der Waals surface area contributed by atoms with Crippen LogP contribution in [-0.2, 0) is 4.79 Å². The second-order valence-electron chi connectivity index (χ2n) is 4.56. The lowest BCUT2D eigenvalue weighted by Gasteiger charge is -2.08. The number of hydrogen-bond donors (Lipinski definition) is 2. The summed E-state index contributed by atoms with van der Waals surface area (Å²) in [5.41, 5.74) is 0.761. The summed E-state index contributed by atoms with van der Waals surface area (Å²) in [7, 11) is 0. The van der Waals surface area contributed by atoms with Crippen LogP contribution in [0, 0.1) is 6.92 Å². The Morgan fingerprint density at radius 3 is 2.81 bits per heavy atom. The van der Waals surface area contributed by atoms with E-state index in [4.69, 9.17) is 16.0 Å². The van der Waals surface area contributed by atoms with Gasteiger partial charge in [0.1, 0.15) is 17.6 Å². The van der Waals surface area contributed by atoms with Crippen LogP contribution in [0.25, 0.3) is 6.08 Å². The van der Waals surface area contributed by atoms with Crippen LogP contribution in [0.15, 0.2) is 46.9 Å². The smallest absolute Gasteiger partial charge is 0.244 e. The first-order valence-electron chi connectivity index (χ1n) is 6.51. The van der Waals surface area contributed by atoms with Crippen LogP contribution in [0.1, 0.15) is 23.2 Å². The zero-order valence-electron chi connectivity index (χ0n) is 11.5. The van der Waals surface area contributed by atoms with E-state index in [0.29, 0.717) is 16.5 Å². The van der Waals surface area contributed by atoms with E-state index in [1.807, 2.05) is 18.2 Å². The monoisotopic (exact) mass is 305 g/mol. The lowest BCUT2D eigenvalue weighted by Crippen LogP contribution is -2.26. The largest absolute Gasteiger partial charge is 0.464 e. The Labute approximate surface area is 128 Å². The SMILES string of the molecule is Cc1ccc(C(O)CNC(=O)C=Cc2ccccc2Cl)o1. The number of halogens is 1. The number of carbonyl (C=O) groups is 1. The Bertz CT molecular complexity index is 648. The maximum Gasteiger partial charge on any atom is 0.244 e. The van der Waals surface area contributed by atoms with E-state index in [2.05, 4.69) is 5.32 Å². The van der Waals surface area contributed by atoms with Crippen molar-refractivity contribution in [2.75, 3.05) is 6.54 Å². The van der Waals surface area contributed by atoms with E-state index in [9.17, 15) is 9.90 Å². The highest BCUT2D eigenvalue weighted by Gasteiger charge is 2.11. The lowest BCUT2D eigenvalue weighted by molar-refractivity contribution is -0.116. The second kappa shape index (κ2) is 7.11. The average Bonchev–Trinajstić information content (AvgIpc) is 2.90. The topological polar surface area (TPSA) is 62.5 Å². The molecule has 1 aromatic heterocycles. The molecular formula is C16H16ClNO3. The molecule has 0 bridgehead atoms. The highest BCUT2D eigenvalue weighted by atomic mass is 35.5. The van der Waals surface area contributed by atoms with Crippen molar-refractivity contribution in [3.8, 4) is 0 Å². The molecule has 0 spiro atoms. The molecule has 0 aliphatic rings. The number of aliphatic hydroxyl groups excluding tert-OH is 1. The number of amides is 1. The molecule has 4 nitrogen and oxygen atoms in total. The van der Waals surface area contributed by atoms with Gasteiger partial charge in [-0.1, -0.05) is 29.8 Å². The number of aliphatic hydroxyl groups is 1. The zero-order chi connectivity index (χ0) is 15.2. The third-order valence-electron chi connectivity index (χ3n) is 2.88. The maximum atomic E-state index is 11.7. The van der Waals surface area contributed by atoms with Crippen molar-refractivity contribution in [2.24, 2.45) is 0 Å². The van der Waals surface area contributed by atoms with Gasteiger partial charge < -0.3 is 14.8 Å². The molecule has 1 amide bonds. The molecular weight excluding hydrogens is 290 g/mol. The fourth-order valence-electron chi connectivity index (χ4n) is 1.77. The molecule has 0 aliphatic carbocycles. The summed E-state index contributed by atoms with van der Waals surface area (Å²) in [5, 5.41) is 13.0. The molecule has 0 saturated carbocycles. The van der Waals surface area contributed by atoms with Gasteiger partial charge in [-0.05, 0) is 36.8 Å². The molecule has 2 N–H and O–H groups in total. The van der Waals surface area contributed by atoms with Crippen molar-refractivity contribution in [2.45, 2.75) is 13.0 Å². The standard InChI is InChI=1S/C16H16ClNO3/c1-11-6-8-15(21-11)14(19)10-18-16(20)9-7-12-4-2-3-5-13(12)17/h2-9,14,19H,10H2,1H3,(H,18,20). The molecule has 110 valence electrons. The number of aryl methyl sites for hydroxylation is 1. The fraction of sp³-hybridized carbons (Fsp3) is 0.188. The van der Waals surface area contributed by atoms with Gasteiger partial charge in [-0.15, -0.1) is 0 Å². The Kier molecular flexibility index (Phi) is 5.20. The van der Waals surface area contributed by atoms with Crippen molar-refractivity contribution in [1.82, 2.24) is 5.32 Å². The minimum atomic E-state index is -0.864.